The highest BCUT2D eigenvalue weighted by atomic mass is 15.0. The second-order valence-electron chi connectivity index (χ2n) is 13.4. The van der Waals surface area contributed by atoms with Gasteiger partial charge in [-0.15, -0.1) is 0 Å². The summed E-state index contributed by atoms with van der Waals surface area (Å²) in [5.41, 5.74) is 11.4. The van der Waals surface area contributed by atoms with E-state index in [2.05, 4.69) is 124 Å². The van der Waals surface area contributed by atoms with Gasteiger partial charge in [-0.25, -0.2) is 4.98 Å². The van der Waals surface area contributed by atoms with E-state index in [0.29, 0.717) is 28.1 Å². The molecular weight excluding hydrogens is 659 g/mol. The molecule has 3 aromatic heterocycles. The van der Waals surface area contributed by atoms with Gasteiger partial charge < -0.3 is 9.13 Å². The molecule has 0 N–H and O–H groups in total. The summed E-state index contributed by atoms with van der Waals surface area (Å²) in [5.74, 6) is 0. The first-order valence-electron chi connectivity index (χ1n) is 17.8. The molecule has 10 aromatic rings. The lowest BCUT2D eigenvalue weighted by atomic mass is 9.89. The Hall–Kier alpha value is -7.73. The first-order chi connectivity index (χ1) is 26.7. The Kier molecular flexibility index (Phi) is 7.18. The van der Waals surface area contributed by atoms with E-state index < -0.39 is 0 Å². The maximum absolute atomic E-state index is 10.9. The number of para-hydroxylation sites is 3. The highest BCUT2D eigenvalue weighted by Crippen LogP contribution is 2.43. The molecule has 0 radical (unpaired) electrons. The van der Waals surface area contributed by atoms with E-state index in [1.54, 1.807) is 0 Å². The van der Waals surface area contributed by atoms with Crippen LogP contribution in [0.4, 0.5) is 0 Å². The summed E-state index contributed by atoms with van der Waals surface area (Å²) in [6.07, 6.45) is 0. The fraction of sp³-hybridized carbons (Fsp3) is 0. The van der Waals surface area contributed by atoms with E-state index in [-0.39, 0.29) is 0 Å². The number of nitriles is 2. The summed E-state index contributed by atoms with van der Waals surface area (Å²) in [5, 5.41) is 25.9. The third-order valence-electron chi connectivity index (χ3n) is 10.4. The topological polar surface area (TPSA) is 70.3 Å². The molecule has 5 heteroatoms. The standard InChI is InChI=1S/C49H29N5/c50-30-41-47(32-15-5-1-6-16-32)42(31-51)49(52-48(41)33-17-7-2-8-18-33)34-25-26-44-38(27-34)40-28-39-37-23-13-14-24-43(37)53(35-19-9-3-10-20-35)45(39)29-46(40)54(44)36-21-11-4-12-22-36/h1-29H. The summed E-state index contributed by atoms with van der Waals surface area (Å²) in [6.45, 7) is 0. The van der Waals surface area contributed by atoms with Crippen LogP contribution in [0.25, 0.3) is 88.6 Å². The molecule has 0 aliphatic heterocycles. The van der Waals surface area contributed by atoms with E-state index in [1.165, 1.54) is 5.39 Å². The molecule has 0 saturated carbocycles. The molecular formula is C49H29N5. The minimum absolute atomic E-state index is 0.372. The van der Waals surface area contributed by atoms with Crippen LogP contribution in [0.2, 0.25) is 0 Å². The van der Waals surface area contributed by atoms with Crippen LogP contribution in [0, 0.1) is 22.7 Å². The smallest absolute Gasteiger partial charge is 0.102 e. The molecule has 0 bridgehead atoms. The number of aromatic nitrogens is 3. The van der Waals surface area contributed by atoms with Crippen molar-refractivity contribution in [1.82, 2.24) is 14.1 Å². The van der Waals surface area contributed by atoms with Crippen molar-refractivity contribution in [3.05, 3.63) is 187 Å². The van der Waals surface area contributed by atoms with Crippen molar-refractivity contribution in [2.24, 2.45) is 0 Å². The zero-order valence-corrected chi connectivity index (χ0v) is 29.0. The lowest BCUT2D eigenvalue weighted by Gasteiger charge is -2.16. The SMILES string of the molecule is N#Cc1c(-c2ccccc2)nc(-c2ccc3c(c2)c2cc4c5ccccc5n(-c5ccccc5)c4cc2n3-c2ccccc2)c(C#N)c1-c1ccccc1. The van der Waals surface area contributed by atoms with Gasteiger partial charge in [-0.3, -0.25) is 0 Å². The molecule has 0 spiro atoms. The average Bonchev–Trinajstić information content (AvgIpc) is 3.74. The lowest BCUT2D eigenvalue weighted by Crippen LogP contribution is -2.02. The van der Waals surface area contributed by atoms with Gasteiger partial charge in [0.2, 0.25) is 0 Å². The van der Waals surface area contributed by atoms with Crippen molar-refractivity contribution in [3.63, 3.8) is 0 Å². The molecule has 10 rings (SSSR count). The molecule has 0 atom stereocenters. The van der Waals surface area contributed by atoms with Gasteiger partial charge in [-0.1, -0.05) is 121 Å². The van der Waals surface area contributed by atoms with Crippen LogP contribution in [0.3, 0.4) is 0 Å². The van der Waals surface area contributed by atoms with Crippen LogP contribution in [0.5, 0.6) is 0 Å². The van der Waals surface area contributed by atoms with Gasteiger partial charge in [0, 0.05) is 49.6 Å². The van der Waals surface area contributed by atoms with Crippen molar-refractivity contribution in [2.45, 2.75) is 0 Å². The zero-order valence-electron chi connectivity index (χ0n) is 29.0. The number of nitrogens with zero attached hydrogens (tertiary/aromatic N) is 5. The first-order valence-corrected chi connectivity index (χ1v) is 17.8. The van der Waals surface area contributed by atoms with Crippen molar-refractivity contribution in [2.75, 3.05) is 0 Å². The van der Waals surface area contributed by atoms with Crippen LogP contribution >= 0.6 is 0 Å². The van der Waals surface area contributed by atoms with Crippen LogP contribution in [0.1, 0.15) is 11.1 Å². The van der Waals surface area contributed by atoms with Crippen LogP contribution in [0.15, 0.2) is 176 Å². The Morgan fingerprint density at radius 3 is 1.43 bits per heavy atom. The largest absolute Gasteiger partial charge is 0.309 e. The number of benzene rings is 7. The average molecular weight is 688 g/mol. The van der Waals surface area contributed by atoms with Crippen LogP contribution in [-0.4, -0.2) is 14.1 Å². The molecule has 0 aliphatic carbocycles. The molecule has 0 aliphatic rings. The molecule has 0 unspecified atom stereocenters. The van der Waals surface area contributed by atoms with Gasteiger partial charge in [0.05, 0.1) is 44.6 Å². The van der Waals surface area contributed by atoms with Gasteiger partial charge in [0.25, 0.3) is 0 Å². The normalized spacial score (nSPS) is 11.3. The summed E-state index contributed by atoms with van der Waals surface area (Å²) in [4.78, 5) is 5.17. The lowest BCUT2D eigenvalue weighted by molar-refractivity contribution is 1.16. The maximum atomic E-state index is 10.9. The van der Waals surface area contributed by atoms with Crippen molar-refractivity contribution in [3.8, 4) is 57.2 Å². The van der Waals surface area contributed by atoms with Gasteiger partial charge in [0.15, 0.2) is 0 Å². The monoisotopic (exact) mass is 687 g/mol. The number of rotatable bonds is 5. The fourth-order valence-corrected chi connectivity index (χ4v) is 8.05. The fourth-order valence-electron chi connectivity index (χ4n) is 8.05. The molecule has 3 heterocycles. The van der Waals surface area contributed by atoms with E-state index in [0.717, 1.165) is 66.3 Å². The summed E-state index contributed by atoms with van der Waals surface area (Å²) >= 11 is 0. The predicted octanol–water partition coefficient (Wildman–Crippen LogP) is 12.0. The Balaban J connectivity index is 1.32. The second kappa shape index (κ2) is 12.5. The Morgan fingerprint density at radius 2 is 0.833 bits per heavy atom. The summed E-state index contributed by atoms with van der Waals surface area (Å²) in [6, 6.07) is 64.8. The van der Waals surface area contributed by atoms with E-state index in [4.69, 9.17) is 4.98 Å². The first kappa shape index (κ1) is 31.0. The van der Waals surface area contributed by atoms with Crippen LogP contribution in [-0.2, 0) is 0 Å². The highest BCUT2D eigenvalue weighted by molar-refractivity contribution is 6.19. The minimum atomic E-state index is 0.372. The quantitative estimate of drug-likeness (QED) is 0.181. The second-order valence-corrected chi connectivity index (χ2v) is 13.4. The molecule has 0 amide bonds. The van der Waals surface area contributed by atoms with E-state index in [1.807, 2.05) is 72.8 Å². The number of fused-ring (bicyclic) bond motifs is 6. The molecule has 0 saturated heterocycles. The van der Waals surface area contributed by atoms with Crippen molar-refractivity contribution in [1.29, 1.82) is 10.5 Å². The van der Waals surface area contributed by atoms with E-state index in [9.17, 15) is 10.5 Å². The van der Waals surface area contributed by atoms with Crippen molar-refractivity contribution >= 4 is 43.6 Å². The maximum Gasteiger partial charge on any atom is 0.102 e. The highest BCUT2D eigenvalue weighted by Gasteiger charge is 2.25. The molecule has 5 nitrogen and oxygen atoms in total. The summed E-state index contributed by atoms with van der Waals surface area (Å²) in [7, 11) is 0. The number of hydrogen-bond donors (Lipinski definition) is 0. The van der Waals surface area contributed by atoms with Crippen LogP contribution < -0.4 is 0 Å². The molecule has 7 aromatic carbocycles. The number of hydrogen-bond acceptors (Lipinski definition) is 3. The number of pyridine rings is 1. The van der Waals surface area contributed by atoms with E-state index >= 15 is 0 Å². The zero-order chi connectivity index (χ0) is 36.2. The van der Waals surface area contributed by atoms with Gasteiger partial charge >= 0.3 is 0 Å². The Morgan fingerprint density at radius 1 is 0.370 bits per heavy atom. The van der Waals surface area contributed by atoms with Gasteiger partial charge in [-0.05, 0) is 60.2 Å². The van der Waals surface area contributed by atoms with Gasteiger partial charge in [-0.2, -0.15) is 10.5 Å². The molecule has 250 valence electrons. The Bertz CT molecular complexity index is 3150. The summed E-state index contributed by atoms with van der Waals surface area (Å²) < 4.78 is 4.67. The Labute approximate surface area is 311 Å². The molecule has 0 fully saturated rings. The third kappa shape index (κ3) is 4.74. The minimum Gasteiger partial charge on any atom is -0.309 e. The van der Waals surface area contributed by atoms with Crippen molar-refractivity contribution < 1.29 is 0 Å². The predicted molar refractivity (Wildman–Crippen MR) is 219 cm³/mol. The third-order valence-corrected chi connectivity index (χ3v) is 10.4. The molecule has 54 heavy (non-hydrogen) atoms. The van der Waals surface area contributed by atoms with Gasteiger partial charge in [0.1, 0.15) is 12.1 Å².